The summed E-state index contributed by atoms with van der Waals surface area (Å²) < 4.78 is 44.0. The van der Waals surface area contributed by atoms with E-state index in [0.717, 1.165) is 43.3 Å². The summed E-state index contributed by atoms with van der Waals surface area (Å²) in [6.45, 7) is 2.49. The maximum Gasteiger partial charge on any atom is 0.416 e. The van der Waals surface area contributed by atoms with Crippen LogP contribution >= 0.6 is 0 Å². The van der Waals surface area contributed by atoms with Gasteiger partial charge < -0.3 is 15.0 Å². The predicted octanol–water partition coefficient (Wildman–Crippen LogP) is 3.38. The number of alkyl halides is 3. The van der Waals surface area contributed by atoms with Gasteiger partial charge in [-0.25, -0.2) is 15.0 Å². The molecule has 0 radical (unpaired) electrons. The fourth-order valence-electron chi connectivity index (χ4n) is 3.85. The number of hydrogen-bond acceptors (Lipinski definition) is 6. The van der Waals surface area contributed by atoms with E-state index in [-0.39, 0.29) is 29.5 Å². The minimum atomic E-state index is -4.45. The van der Waals surface area contributed by atoms with Crippen molar-refractivity contribution < 1.29 is 22.7 Å². The SMILES string of the molecule is O=C(C1CCOCC1)N1CC[C@H](c2ccnc(Nc3cc(C(F)(F)F)ccn3)n2)C1. The number of nitrogens with one attached hydrogen (secondary N) is 1. The third-order valence-electron chi connectivity index (χ3n) is 5.49. The number of anilines is 2. The highest BCUT2D eigenvalue weighted by Gasteiger charge is 2.33. The molecule has 2 saturated heterocycles. The molecule has 1 atom stereocenters. The van der Waals surface area contributed by atoms with Crippen LogP contribution in [0.25, 0.3) is 0 Å². The Kier molecular flexibility index (Phi) is 5.85. The molecule has 0 saturated carbocycles. The van der Waals surface area contributed by atoms with E-state index >= 15 is 0 Å². The first-order valence-corrected chi connectivity index (χ1v) is 9.90. The Balaban J connectivity index is 1.42. The first-order valence-electron chi connectivity index (χ1n) is 9.90. The van der Waals surface area contributed by atoms with Crippen LogP contribution in [0, 0.1) is 5.92 Å². The molecule has 10 heteroatoms. The predicted molar refractivity (Wildman–Crippen MR) is 102 cm³/mol. The van der Waals surface area contributed by atoms with Crippen LogP contribution in [0.3, 0.4) is 0 Å². The number of carbonyl (C=O) groups is 1. The first kappa shape index (κ1) is 20.5. The van der Waals surface area contributed by atoms with Crippen LogP contribution in [0.2, 0.25) is 0 Å². The Labute approximate surface area is 171 Å². The minimum Gasteiger partial charge on any atom is -0.381 e. The zero-order valence-corrected chi connectivity index (χ0v) is 16.2. The first-order chi connectivity index (χ1) is 14.4. The molecular formula is C20H22F3N5O2. The van der Waals surface area contributed by atoms with Crippen molar-refractivity contribution in [3.63, 3.8) is 0 Å². The van der Waals surface area contributed by atoms with E-state index in [0.29, 0.717) is 26.3 Å². The van der Waals surface area contributed by atoms with E-state index in [4.69, 9.17) is 4.74 Å². The monoisotopic (exact) mass is 421 g/mol. The van der Waals surface area contributed by atoms with E-state index < -0.39 is 11.7 Å². The number of hydrogen-bond donors (Lipinski definition) is 1. The molecule has 2 fully saturated rings. The molecule has 0 aromatic carbocycles. The Bertz CT molecular complexity index is 902. The molecule has 2 aromatic rings. The van der Waals surface area contributed by atoms with Crippen LogP contribution in [0.5, 0.6) is 0 Å². The van der Waals surface area contributed by atoms with Crippen LogP contribution in [-0.4, -0.2) is 52.1 Å². The van der Waals surface area contributed by atoms with Gasteiger partial charge >= 0.3 is 6.18 Å². The highest BCUT2D eigenvalue weighted by molar-refractivity contribution is 5.79. The molecule has 0 unspecified atom stereocenters. The summed E-state index contributed by atoms with van der Waals surface area (Å²) >= 11 is 0. The number of halogens is 3. The topological polar surface area (TPSA) is 80.2 Å². The quantitative estimate of drug-likeness (QED) is 0.815. The van der Waals surface area contributed by atoms with E-state index in [1.165, 1.54) is 0 Å². The number of nitrogens with zero attached hydrogens (tertiary/aromatic N) is 4. The van der Waals surface area contributed by atoms with E-state index in [2.05, 4.69) is 20.3 Å². The van der Waals surface area contributed by atoms with Gasteiger partial charge in [-0.15, -0.1) is 0 Å². The second-order valence-electron chi connectivity index (χ2n) is 7.51. The van der Waals surface area contributed by atoms with Crippen molar-refractivity contribution in [2.45, 2.75) is 31.4 Å². The largest absolute Gasteiger partial charge is 0.416 e. The van der Waals surface area contributed by atoms with Crippen molar-refractivity contribution in [3.8, 4) is 0 Å². The third kappa shape index (κ3) is 4.69. The lowest BCUT2D eigenvalue weighted by Crippen LogP contribution is -2.37. The summed E-state index contributed by atoms with van der Waals surface area (Å²) in [6.07, 6.45) is 0.490. The molecule has 1 N–H and O–H groups in total. The molecule has 4 rings (SSSR count). The number of ether oxygens (including phenoxy) is 1. The number of pyridine rings is 1. The molecule has 0 aliphatic carbocycles. The normalized spacial score (nSPS) is 20.4. The van der Waals surface area contributed by atoms with E-state index in [1.807, 2.05) is 4.90 Å². The lowest BCUT2D eigenvalue weighted by Gasteiger charge is -2.26. The van der Waals surface area contributed by atoms with Crippen LogP contribution < -0.4 is 5.32 Å². The van der Waals surface area contributed by atoms with E-state index in [9.17, 15) is 18.0 Å². The van der Waals surface area contributed by atoms with E-state index in [1.54, 1.807) is 12.3 Å². The molecule has 0 spiro atoms. The van der Waals surface area contributed by atoms with Gasteiger partial charge in [0.2, 0.25) is 11.9 Å². The molecule has 2 aliphatic rings. The lowest BCUT2D eigenvalue weighted by molar-refractivity contribution is -0.138. The van der Waals surface area contributed by atoms with Crippen LogP contribution in [0.4, 0.5) is 24.9 Å². The molecule has 7 nitrogen and oxygen atoms in total. The molecule has 0 bridgehead atoms. The number of carbonyl (C=O) groups excluding carboxylic acids is 1. The molecule has 2 aromatic heterocycles. The summed E-state index contributed by atoms with van der Waals surface area (Å²) in [7, 11) is 0. The fourth-order valence-corrected chi connectivity index (χ4v) is 3.85. The average molecular weight is 421 g/mol. The summed E-state index contributed by atoms with van der Waals surface area (Å²) in [5.41, 5.74) is -0.0454. The molecule has 160 valence electrons. The van der Waals surface area contributed by atoms with Gasteiger partial charge in [-0.05, 0) is 37.5 Å². The Hall–Kier alpha value is -2.75. The van der Waals surface area contributed by atoms with Gasteiger partial charge in [-0.3, -0.25) is 4.79 Å². The van der Waals surface area contributed by atoms with Gasteiger partial charge in [0.25, 0.3) is 0 Å². The molecule has 2 aliphatic heterocycles. The summed E-state index contributed by atoms with van der Waals surface area (Å²) in [5, 5.41) is 2.74. The van der Waals surface area contributed by atoms with Gasteiger partial charge in [-0.1, -0.05) is 0 Å². The number of likely N-dealkylation sites (tertiary alicyclic amines) is 1. The zero-order valence-electron chi connectivity index (χ0n) is 16.2. The average Bonchev–Trinajstić information content (AvgIpc) is 3.24. The Morgan fingerprint density at radius 2 is 1.90 bits per heavy atom. The number of rotatable bonds is 4. The van der Waals surface area contributed by atoms with Gasteiger partial charge in [0.15, 0.2) is 0 Å². The molecule has 4 heterocycles. The Morgan fingerprint density at radius 3 is 2.67 bits per heavy atom. The van der Waals surface area contributed by atoms with Gasteiger partial charge in [-0.2, -0.15) is 13.2 Å². The van der Waals surface area contributed by atoms with Gasteiger partial charge in [0.05, 0.1) is 11.3 Å². The smallest absolute Gasteiger partial charge is 0.381 e. The minimum absolute atomic E-state index is 0.0183. The standard InChI is InChI=1S/C20H22F3N5O2/c21-20(22,23)15-1-6-24-17(11-15)27-19-25-7-2-16(26-19)14-3-8-28(12-14)18(29)13-4-9-30-10-5-13/h1-2,6-7,11,13-14H,3-5,8-10,12H2,(H,24,25,26,27)/t14-/m0/s1. The highest BCUT2D eigenvalue weighted by atomic mass is 19.4. The van der Waals surface area contributed by atoms with Crippen molar-refractivity contribution in [2.75, 3.05) is 31.6 Å². The molecule has 30 heavy (non-hydrogen) atoms. The molecule has 1 amide bonds. The van der Waals surface area contributed by atoms with Gasteiger partial charge in [0.1, 0.15) is 5.82 Å². The number of amides is 1. The van der Waals surface area contributed by atoms with Crippen LogP contribution in [-0.2, 0) is 15.7 Å². The number of aromatic nitrogens is 3. The highest BCUT2D eigenvalue weighted by Crippen LogP contribution is 2.31. The second kappa shape index (κ2) is 8.55. The van der Waals surface area contributed by atoms with Crippen molar-refractivity contribution in [1.29, 1.82) is 0 Å². The zero-order chi connectivity index (χ0) is 21.1. The fraction of sp³-hybridized carbons (Fsp3) is 0.500. The lowest BCUT2D eigenvalue weighted by atomic mass is 9.99. The van der Waals surface area contributed by atoms with Crippen molar-refractivity contribution in [3.05, 3.63) is 41.9 Å². The molecular weight excluding hydrogens is 399 g/mol. The Morgan fingerprint density at radius 1 is 1.13 bits per heavy atom. The van der Waals surface area contributed by atoms with Crippen LogP contribution in [0.1, 0.15) is 36.4 Å². The van der Waals surface area contributed by atoms with Crippen LogP contribution in [0.15, 0.2) is 30.6 Å². The van der Waals surface area contributed by atoms with Crippen molar-refractivity contribution >= 4 is 17.7 Å². The van der Waals surface area contributed by atoms with Crippen molar-refractivity contribution in [2.24, 2.45) is 5.92 Å². The maximum absolute atomic E-state index is 12.9. The summed E-state index contributed by atoms with van der Waals surface area (Å²) in [6, 6.07) is 3.60. The summed E-state index contributed by atoms with van der Waals surface area (Å²) in [4.78, 5) is 27.0. The summed E-state index contributed by atoms with van der Waals surface area (Å²) in [5.74, 6) is 0.443. The van der Waals surface area contributed by atoms with Crippen molar-refractivity contribution in [1.82, 2.24) is 19.9 Å². The second-order valence-corrected chi connectivity index (χ2v) is 7.51. The third-order valence-corrected chi connectivity index (χ3v) is 5.49. The van der Waals surface area contributed by atoms with Gasteiger partial charge in [0, 0.05) is 50.5 Å². The maximum atomic E-state index is 12.9.